The summed E-state index contributed by atoms with van der Waals surface area (Å²) in [5, 5.41) is 0. The number of benzene rings is 1. The fraction of sp³-hybridized carbons (Fsp3) is 0.571. The first-order chi connectivity index (χ1) is 12.4. The van der Waals surface area contributed by atoms with Crippen LogP contribution in [-0.4, -0.2) is 61.0 Å². The molecule has 2 aliphatic heterocycles. The van der Waals surface area contributed by atoms with Crippen molar-refractivity contribution in [3.8, 4) is 0 Å². The van der Waals surface area contributed by atoms with Gasteiger partial charge in [-0.05, 0) is 43.9 Å². The second-order valence-corrected chi connectivity index (χ2v) is 8.08. The van der Waals surface area contributed by atoms with Crippen LogP contribution in [0.5, 0.6) is 0 Å². The predicted molar refractivity (Wildman–Crippen MR) is 102 cm³/mol. The van der Waals surface area contributed by atoms with Gasteiger partial charge in [0.2, 0.25) is 0 Å². The molecule has 2 fully saturated rings. The Morgan fingerprint density at radius 1 is 1.27 bits per heavy atom. The Kier molecular flexibility index (Phi) is 5.66. The topological polar surface area (TPSA) is 26.8 Å². The number of urea groups is 1. The monoisotopic (exact) mass is 359 g/mol. The molecule has 5 heteroatoms. The minimum atomic E-state index is -0.235. The first-order valence-corrected chi connectivity index (χ1v) is 9.46. The molecule has 3 rings (SSSR count). The van der Waals surface area contributed by atoms with Crippen LogP contribution in [0, 0.1) is 17.7 Å². The predicted octanol–water partition coefficient (Wildman–Crippen LogP) is 3.77. The largest absolute Gasteiger partial charge is 0.331 e. The molecule has 0 spiro atoms. The number of amides is 2. The van der Waals surface area contributed by atoms with Crippen molar-refractivity contribution < 1.29 is 9.18 Å². The van der Waals surface area contributed by atoms with Gasteiger partial charge in [0, 0.05) is 46.2 Å². The van der Waals surface area contributed by atoms with E-state index < -0.39 is 0 Å². The van der Waals surface area contributed by atoms with Crippen molar-refractivity contribution in [1.82, 2.24) is 14.7 Å². The van der Waals surface area contributed by atoms with E-state index in [2.05, 4.69) is 24.8 Å². The Morgan fingerprint density at radius 3 is 2.69 bits per heavy atom. The van der Waals surface area contributed by atoms with Crippen LogP contribution in [-0.2, 0) is 0 Å². The van der Waals surface area contributed by atoms with Gasteiger partial charge in [0.05, 0.1) is 6.04 Å². The second kappa shape index (κ2) is 7.78. The van der Waals surface area contributed by atoms with Crippen molar-refractivity contribution in [2.24, 2.45) is 11.8 Å². The van der Waals surface area contributed by atoms with E-state index in [-0.39, 0.29) is 17.9 Å². The van der Waals surface area contributed by atoms with E-state index in [0.717, 1.165) is 38.2 Å². The zero-order valence-electron chi connectivity index (χ0n) is 16.3. The van der Waals surface area contributed by atoms with Crippen molar-refractivity contribution in [3.05, 3.63) is 47.3 Å². The van der Waals surface area contributed by atoms with Gasteiger partial charge in [0.1, 0.15) is 5.82 Å². The first kappa shape index (κ1) is 18.9. The van der Waals surface area contributed by atoms with E-state index in [1.165, 1.54) is 11.6 Å². The molecule has 2 aliphatic rings. The number of carbonyl (C=O) groups excluding carboxylic acids is 1. The van der Waals surface area contributed by atoms with Crippen molar-refractivity contribution in [3.63, 3.8) is 0 Å². The summed E-state index contributed by atoms with van der Waals surface area (Å²) >= 11 is 0. The third-order valence-electron chi connectivity index (χ3n) is 5.56. The summed E-state index contributed by atoms with van der Waals surface area (Å²) in [7, 11) is 3.57. The molecule has 3 atom stereocenters. The van der Waals surface area contributed by atoms with Crippen LogP contribution in [0.15, 0.2) is 35.9 Å². The van der Waals surface area contributed by atoms with E-state index in [1.807, 2.05) is 11.0 Å². The number of likely N-dealkylation sites (tertiary alicyclic amines) is 2. The number of fused-ring (bicyclic) bond motifs is 1. The van der Waals surface area contributed by atoms with E-state index in [0.29, 0.717) is 11.8 Å². The Bertz CT molecular complexity index is 684. The first-order valence-electron chi connectivity index (χ1n) is 9.46. The smallest absolute Gasteiger partial charge is 0.320 e. The Balaban J connectivity index is 1.79. The van der Waals surface area contributed by atoms with Crippen molar-refractivity contribution in [2.45, 2.75) is 26.3 Å². The normalized spacial score (nSPS) is 25.3. The average Bonchev–Trinajstić information content (AvgIpc) is 3.10. The summed E-state index contributed by atoms with van der Waals surface area (Å²) in [6.45, 7) is 8.05. The molecule has 26 heavy (non-hydrogen) atoms. The van der Waals surface area contributed by atoms with Gasteiger partial charge in [0.25, 0.3) is 0 Å². The molecule has 2 saturated heterocycles. The molecular formula is C21H30FN3O. The maximum atomic E-state index is 13.8. The molecule has 0 radical (unpaired) electrons. The fourth-order valence-corrected chi connectivity index (χ4v) is 4.43. The third-order valence-corrected chi connectivity index (χ3v) is 5.56. The number of allylic oxidation sites excluding steroid dienone is 1. The maximum absolute atomic E-state index is 13.8. The quantitative estimate of drug-likeness (QED) is 0.765. The average molecular weight is 359 g/mol. The van der Waals surface area contributed by atoms with Crippen molar-refractivity contribution >= 4 is 6.03 Å². The summed E-state index contributed by atoms with van der Waals surface area (Å²) in [6.07, 6.45) is 3.34. The van der Waals surface area contributed by atoms with E-state index in [9.17, 15) is 9.18 Å². The molecule has 0 unspecified atom stereocenters. The molecule has 0 saturated carbocycles. The molecule has 4 nitrogen and oxygen atoms in total. The lowest BCUT2D eigenvalue weighted by molar-refractivity contribution is 0.152. The molecule has 1 aromatic carbocycles. The van der Waals surface area contributed by atoms with Gasteiger partial charge in [-0.15, -0.1) is 0 Å². The highest BCUT2D eigenvalue weighted by Gasteiger charge is 2.49. The fourth-order valence-electron chi connectivity index (χ4n) is 4.43. The highest BCUT2D eigenvalue weighted by molar-refractivity contribution is 5.75. The molecule has 0 bridgehead atoms. The summed E-state index contributed by atoms with van der Waals surface area (Å²) < 4.78 is 13.8. The molecule has 0 aliphatic carbocycles. The van der Waals surface area contributed by atoms with E-state index >= 15 is 0 Å². The molecule has 0 N–H and O–H groups in total. The molecule has 142 valence electrons. The van der Waals surface area contributed by atoms with Crippen molar-refractivity contribution in [2.75, 3.05) is 40.3 Å². The Morgan fingerprint density at radius 2 is 2.04 bits per heavy atom. The van der Waals surface area contributed by atoms with Crippen LogP contribution in [0.4, 0.5) is 9.18 Å². The molecule has 0 aromatic heterocycles. The molecule has 2 heterocycles. The van der Waals surface area contributed by atoms with Crippen LogP contribution >= 0.6 is 0 Å². The minimum absolute atomic E-state index is 0.0183. The minimum Gasteiger partial charge on any atom is -0.331 e. The number of rotatable bonds is 4. The Labute approximate surface area is 156 Å². The van der Waals surface area contributed by atoms with Gasteiger partial charge < -0.3 is 14.7 Å². The van der Waals surface area contributed by atoms with Crippen LogP contribution in [0.3, 0.4) is 0 Å². The zero-order valence-corrected chi connectivity index (χ0v) is 16.3. The SMILES string of the molecule is CC(C)=CCCN1C[C@@H]2CN(C(=O)N(C)C)[C@H](c3cccc(F)c3)[C@@H]2C1. The van der Waals surface area contributed by atoms with Gasteiger partial charge in [-0.3, -0.25) is 0 Å². The number of halogens is 1. The lowest BCUT2D eigenvalue weighted by Gasteiger charge is -2.31. The second-order valence-electron chi connectivity index (χ2n) is 8.08. The highest BCUT2D eigenvalue weighted by Crippen LogP contribution is 2.45. The number of hydrogen-bond donors (Lipinski definition) is 0. The van der Waals surface area contributed by atoms with Gasteiger partial charge >= 0.3 is 6.03 Å². The standard InChI is InChI=1S/C21H30FN3O/c1-15(2)7-6-10-24-12-17-13-25(21(26)23(3)4)20(19(17)14-24)16-8-5-9-18(22)11-16/h5,7-9,11,17,19-20H,6,10,12-14H2,1-4H3/t17-,19-,20-/m1/s1. The third kappa shape index (κ3) is 3.93. The summed E-state index contributed by atoms with van der Waals surface area (Å²) in [5.41, 5.74) is 2.27. The summed E-state index contributed by atoms with van der Waals surface area (Å²) in [6, 6.07) is 6.74. The zero-order chi connectivity index (χ0) is 18.8. The van der Waals surface area contributed by atoms with Crippen LogP contribution in [0.1, 0.15) is 31.9 Å². The maximum Gasteiger partial charge on any atom is 0.320 e. The summed E-state index contributed by atoms with van der Waals surface area (Å²) in [5.74, 6) is 0.591. The van der Waals surface area contributed by atoms with Crippen LogP contribution < -0.4 is 0 Å². The van der Waals surface area contributed by atoms with Crippen molar-refractivity contribution in [1.29, 1.82) is 0 Å². The van der Waals surface area contributed by atoms with Gasteiger partial charge in [-0.25, -0.2) is 9.18 Å². The lowest BCUT2D eigenvalue weighted by Crippen LogP contribution is -2.41. The van der Waals surface area contributed by atoms with Crippen LogP contribution in [0.2, 0.25) is 0 Å². The van der Waals surface area contributed by atoms with E-state index in [4.69, 9.17) is 0 Å². The number of hydrogen-bond acceptors (Lipinski definition) is 2. The van der Waals surface area contributed by atoms with E-state index in [1.54, 1.807) is 31.1 Å². The summed E-state index contributed by atoms with van der Waals surface area (Å²) in [4.78, 5) is 18.8. The van der Waals surface area contributed by atoms with Gasteiger partial charge in [0.15, 0.2) is 0 Å². The number of carbonyl (C=O) groups is 1. The number of nitrogens with zero attached hydrogens (tertiary/aromatic N) is 3. The van der Waals surface area contributed by atoms with Gasteiger partial charge in [-0.1, -0.05) is 23.8 Å². The molecule has 1 aromatic rings. The molecular weight excluding hydrogens is 329 g/mol. The highest BCUT2D eigenvalue weighted by atomic mass is 19.1. The molecule has 2 amide bonds. The Hall–Kier alpha value is -1.88. The van der Waals surface area contributed by atoms with Crippen LogP contribution in [0.25, 0.3) is 0 Å². The lowest BCUT2D eigenvalue weighted by atomic mass is 9.89. The van der Waals surface area contributed by atoms with Gasteiger partial charge in [-0.2, -0.15) is 0 Å².